The molecule has 0 radical (unpaired) electrons. The van der Waals surface area contributed by atoms with Crippen molar-refractivity contribution in [3.8, 4) is 5.75 Å². The number of carbonyl (C=O) groups is 1. The van der Waals surface area contributed by atoms with E-state index < -0.39 is 0 Å². The van der Waals surface area contributed by atoms with Gasteiger partial charge in [0, 0.05) is 12.6 Å². The second-order valence-corrected chi connectivity index (χ2v) is 9.07. The van der Waals surface area contributed by atoms with E-state index in [1.807, 2.05) is 19.1 Å². The Morgan fingerprint density at radius 2 is 1.71 bits per heavy atom. The van der Waals surface area contributed by atoms with Crippen molar-refractivity contribution < 1.29 is 9.53 Å². The Bertz CT molecular complexity index is 1210. The van der Waals surface area contributed by atoms with Crippen molar-refractivity contribution in [2.75, 3.05) is 0 Å². The van der Waals surface area contributed by atoms with E-state index in [0.717, 1.165) is 43.0 Å². The van der Waals surface area contributed by atoms with Gasteiger partial charge in [0.2, 0.25) is 0 Å². The Hall–Kier alpha value is -3.66. The molecule has 34 heavy (non-hydrogen) atoms. The van der Waals surface area contributed by atoms with Crippen LogP contribution >= 0.6 is 0 Å². The second-order valence-electron chi connectivity index (χ2n) is 9.07. The van der Waals surface area contributed by atoms with Gasteiger partial charge in [-0.2, -0.15) is 0 Å². The molecule has 0 saturated heterocycles. The molecule has 0 fully saturated rings. The number of hydrogen-bond acceptors (Lipinski definition) is 3. The van der Waals surface area contributed by atoms with E-state index >= 15 is 0 Å². The monoisotopic (exact) mass is 450 g/mol. The van der Waals surface area contributed by atoms with E-state index in [1.165, 1.54) is 22.3 Å². The molecule has 172 valence electrons. The van der Waals surface area contributed by atoms with E-state index in [4.69, 9.17) is 9.72 Å². The van der Waals surface area contributed by atoms with Gasteiger partial charge >= 0.3 is 5.97 Å². The largest absolute Gasteiger partial charge is 0.426 e. The topological polar surface area (TPSA) is 55.0 Å². The highest BCUT2D eigenvalue weighted by atomic mass is 16.5. The molecule has 1 N–H and O–H groups in total. The van der Waals surface area contributed by atoms with Gasteiger partial charge in [-0.3, -0.25) is 4.79 Å². The van der Waals surface area contributed by atoms with Crippen LogP contribution in [-0.4, -0.2) is 15.9 Å². The molecule has 0 amide bonds. The van der Waals surface area contributed by atoms with E-state index in [0.29, 0.717) is 12.3 Å². The summed E-state index contributed by atoms with van der Waals surface area (Å²) in [6.07, 6.45) is 6.38. The molecule has 1 atom stereocenters. The number of nitrogens with zero attached hydrogens (tertiary/aromatic N) is 1. The SMILES string of the molecule is CCC(=O)Oc1cccc2c1CCC(Cc1c[nH]c(C(c3ccccc3)c3ccccc3)n1)C2. The predicted octanol–water partition coefficient (Wildman–Crippen LogP) is 6.25. The van der Waals surface area contributed by atoms with Crippen LogP contribution in [0, 0.1) is 5.92 Å². The Kier molecular flexibility index (Phi) is 6.57. The van der Waals surface area contributed by atoms with Crippen molar-refractivity contribution in [1.29, 1.82) is 0 Å². The number of aromatic nitrogens is 2. The minimum absolute atomic E-state index is 0.0824. The number of carbonyl (C=O) groups excluding carboxylic acids is 1. The zero-order valence-electron chi connectivity index (χ0n) is 19.5. The van der Waals surface area contributed by atoms with Crippen LogP contribution in [0.5, 0.6) is 5.75 Å². The molecule has 1 heterocycles. The van der Waals surface area contributed by atoms with Crippen LogP contribution in [0.25, 0.3) is 0 Å². The Morgan fingerprint density at radius 3 is 2.38 bits per heavy atom. The van der Waals surface area contributed by atoms with Crippen LogP contribution < -0.4 is 4.74 Å². The first-order valence-corrected chi connectivity index (χ1v) is 12.2. The van der Waals surface area contributed by atoms with Crippen LogP contribution in [-0.2, 0) is 24.1 Å². The number of fused-ring (bicyclic) bond motifs is 1. The fourth-order valence-electron chi connectivity index (χ4n) is 5.04. The van der Waals surface area contributed by atoms with Crippen LogP contribution in [0.3, 0.4) is 0 Å². The van der Waals surface area contributed by atoms with E-state index in [1.54, 1.807) is 0 Å². The van der Waals surface area contributed by atoms with Gasteiger partial charge in [0.25, 0.3) is 0 Å². The Morgan fingerprint density at radius 1 is 1.00 bits per heavy atom. The molecule has 1 unspecified atom stereocenters. The summed E-state index contributed by atoms with van der Waals surface area (Å²) in [5, 5.41) is 0. The molecule has 1 aromatic heterocycles. The average Bonchev–Trinajstić information content (AvgIpc) is 3.33. The van der Waals surface area contributed by atoms with Crippen molar-refractivity contribution >= 4 is 5.97 Å². The van der Waals surface area contributed by atoms with Gasteiger partial charge in [0.1, 0.15) is 11.6 Å². The number of hydrogen-bond donors (Lipinski definition) is 1. The van der Waals surface area contributed by atoms with Crippen molar-refractivity contribution in [2.24, 2.45) is 5.92 Å². The van der Waals surface area contributed by atoms with Crippen molar-refractivity contribution in [3.05, 3.63) is 119 Å². The lowest BCUT2D eigenvalue weighted by atomic mass is 9.81. The molecule has 5 rings (SSSR count). The van der Waals surface area contributed by atoms with Crippen LogP contribution in [0.15, 0.2) is 85.1 Å². The normalized spacial score (nSPS) is 15.2. The van der Waals surface area contributed by atoms with Gasteiger partial charge in [-0.05, 0) is 59.9 Å². The number of imidazole rings is 1. The Balaban J connectivity index is 1.34. The summed E-state index contributed by atoms with van der Waals surface area (Å²) in [5.74, 6) is 2.15. The first kappa shape index (κ1) is 22.1. The lowest BCUT2D eigenvalue weighted by Crippen LogP contribution is -2.18. The summed E-state index contributed by atoms with van der Waals surface area (Å²) in [6.45, 7) is 1.83. The standard InChI is InChI=1S/C30H30N2O2/c1-2-28(33)34-27-15-9-14-24-18-21(16-17-26(24)27)19-25-20-31-30(32-25)29(22-10-5-3-6-11-22)23-12-7-4-8-13-23/h3-15,20-21,29H,2,16-19H2,1H3,(H,31,32). The van der Waals surface area contributed by atoms with Crippen LogP contribution in [0.2, 0.25) is 0 Å². The number of nitrogens with one attached hydrogen (secondary N) is 1. The maximum Gasteiger partial charge on any atom is 0.310 e. The lowest BCUT2D eigenvalue weighted by molar-refractivity contribution is -0.134. The maximum atomic E-state index is 11.8. The number of H-pyrrole nitrogens is 1. The van der Waals surface area contributed by atoms with Gasteiger partial charge in [0.05, 0.1) is 11.6 Å². The first-order valence-electron chi connectivity index (χ1n) is 12.2. The van der Waals surface area contributed by atoms with E-state index in [9.17, 15) is 4.79 Å². The molecule has 1 aliphatic carbocycles. The van der Waals surface area contributed by atoms with E-state index in [2.05, 4.69) is 77.9 Å². The van der Waals surface area contributed by atoms with Gasteiger partial charge in [-0.25, -0.2) is 4.98 Å². The average molecular weight is 451 g/mol. The smallest absolute Gasteiger partial charge is 0.310 e. The highest BCUT2D eigenvalue weighted by Gasteiger charge is 2.24. The maximum absolute atomic E-state index is 11.8. The fraction of sp³-hybridized carbons (Fsp3) is 0.267. The fourth-order valence-corrected chi connectivity index (χ4v) is 5.04. The molecule has 4 nitrogen and oxygen atoms in total. The molecule has 0 aliphatic heterocycles. The summed E-state index contributed by atoms with van der Waals surface area (Å²) >= 11 is 0. The number of esters is 1. The van der Waals surface area contributed by atoms with E-state index in [-0.39, 0.29) is 11.9 Å². The van der Waals surface area contributed by atoms with Crippen molar-refractivity contribution in [2.45, 2.75) is 44.9 Å². The number of benzene rings is 3. The number of aromatic amines is 1. The lowest BCUT2D eigenvalue weighted by Gasteiger charge is -2.25. The third kappa shape index (κ3) is 4.81. The summed E-state index contributed by atoms with van der Waals surface area (Å²) in [5.41, 5.74) is 6.05. The molecular formula is C30H30N2O2. The minimum atomic E-state index is -0.175. The van der Waals surface area contributed by atoms with Crippen LogP contribution in [0.1, 0.15) is 59.5 Å². The zero-order chi connectivity index (χ0) is 23.3. The van der Waals surface area contributed by atoms with Crippen molar-refractivity contribution in [3.63, 3.8) is 0 Å². The quantitative estimate of drug-likeness (QED) is 0.267. The molecule has 4 aromatic rings. The molecule has 0 spiro atoms. The number of rotatable bonds is 7. The molecule has 0 bridgehead atoms. The van der Waals surface area contributed by atoms with Gasteiger partial charge in [-0.15, -0.1) is 0 Å². The highest BCUT2D eigenvalue weighted by Crippen LogP contribution is 2.34. The molecular weight excluding hydrogens is 420 g/mol. The molecule has 4 heteroatoms. The predicted molar refractivity (Wildman–Crippen MR) is 134 cm³/mol. The number of ether oxygens (including phenoxy) is 1. The van der Waals surface area contributed by atoms with Crippen LogP contribution in [0.4, 0.5) is 0 Å². The van der Waals surface area contributed by atoms with Gasteiger partial charge < -0.3 is 9.72 Å². The van der Waals surface area contributed by atoms with Gasteiger partial charge in [-0.1, -0.05) is 79.7 Å². The first-order chi connectivity index (χ1) is 16.7. The molecule has 0 saturated carbocycles. The summed E-state index contributed by atoms with van der Waals surface area (Å²) in [4.78, 5) is 20.3. The summed E-state index contributed by atoms with van der Waals surface area (Å²) < 4.78 is 5.57. The molecule has 1 aliphatic rings. The summed E-state index contributed by atoms with van der Waals surface area (Å²) in [7, 11) is 0. The second kappa shape index (κ2) is 10.1. The minimum Gasteiger partial charge on any atom is -0.426 e. The third-order valence-electron chi connectivity index (χ3n) is 6.74. The third-order valence-corrected chi connectivity index (χ3v) is 6.74. The highest BCUT2D eigenvalue weighted by molar-refractivity contribution is 5.72. The summed E-state index contributed by atoms with van der Waals surface area (Å²) in [6, 6.07) is 27.2. The molecule has 3 aromatic carbocycles. The van der Waals surface area contributed by atoms with Gasteiger partial charge in [0.15, 0.2) is 0 Å². The zero-order valence-corrected chi connectivity index (χ0v) is 19.5. The van der Waals surface area contributed by atoms with Crippen molar-refractivity contribution in [1.82, 2.24) is 9.97 Å². The Labute approximate surface area is 201 Å².